The van der Waals surface area contributed by atoms with E-state index >= 15 is 0 Å². The molecule has 0 bridgehead atoms. The summed E-state index contributed by atoms with van der Waals surface area (Å²) in [5.74, 6) is 0.482. The summed E-state index contributed by atoms with van der Waals surface area (Å²) in [5, 5.41) is 14.4. The van der Waals surface area contributed by atoms with Gasteiger partial charge in [0.25, 0.3) is 0 Å². The number of aryl methyl sites for hydroxylation is 1. The third-order valence-electron chi connectivity index (χ3n) is 3.79. The Hall–Kier alpha value is -2.58. The van der Waals surface area contributed by atoms with Crippen LogP contribution in [0.15, 0.2) is 52.9 Å². The molecule has 0 aliphatic carbocycles. The first-order valence-electron chi connectivity index (χ1n) is 8.29. The molecule has 0 saturated carbocycles. The SMILES string of the molecule is CNc1nnc(S[C@@H](C(=O)Nc2cc(C)ccc2OC)c2ccccc2)s1. The monoisotopic (exact) mass is 400 g/mol. The minimum atomic E-state index is -0.464. The van der Waals surface area contributed by atoms with E-state index in [1.54, 1.807) is 14.2 Å². The topological polar surface area (TPSA) is 76.1 Å². The highest BCUT2D eigenvalue weighted by atomic mass is 32.2. The Balaban J connectivity index is 1.88. The summed E-state index contributed by atoms with van der Waals surface area (Å²) < 4.78 is 6.09. The van der Waals surface area contributed by atoms with Crippen LogP contribution in [0, 0.1) is 6.92 Å². The number of anilines is 2. The Morgan fingerprint density at radius 1 is 1.19 bits per heavy atom. The lowest BCUT2D eigenvalue weighted by Gasteiger charge is -2.17. The van der Waals surface area contributed by atoms with Crippen molar-refractivity contribution in [2.75, 3.05) is 24.8 Å². The summed E-state index contributed by atoms with van der Waals surface area (Å²) in [7, 11) is 3.38. The van der Waals surface area contributed by atoms with Crippen LogP contribution in [0.3, 0.4) is 0 Å². The summed E-state index contributed by atoms with van der Waals surface area (Å²) in [6, 6.07) is 15.3. The molecule has 3 rings (SSSR count). The first kappa shape index (κ1) is 19.2. The molecule has 0 fully saturated rings. The molecule has 0 aliphatic heterocycles. The molecule has 0 spiro atoms. The molecule has 140 valence electrons. The fraction of sp³-hybridized carbons (Fsp3) is 0.211. The second kappa shape index (κ2) is 8.88. The van der Waals surface area contributed by atoms with Crippen LogP contribution in [0.25, 0.3) is 0 Å². The van der Waals surface area contributed by atoms with Gasteiger partial charge >= 0.3 is 0 Å². The van der Waals surface area contributed by atoms with E-state index in [0.717, 1.165) is 15.5 Å². The van der Waals surface area contributed by atoms with Crippen molar-refractivity contribution in [3.63, 3.8) is 0 Å². The molecule has 1 amide bonds. The molecule has 3 aromatic rings. The van der Waals surface area contributed by atoms with Gasteiger partial charge in [-0.2, -0.15) is 0 Å². The molecule has 0 unspecified atom stereocenters. The van der Waals surface area contributed by atoms with E-state index in [9.17, 15) is 4.79 Å². The van der Waals surface area contributed by atoms with Crippen LogP contribution in [-0.2, 0) is 4.79 Å². The second-order valence-electron chi connectivity index (χ2n) is 5.72. The van der Waals surface area contributed by atoms with Gasteiger partial charge in [-0.3, -0.25) is 4.79 Å². The molecule has 27 heavy (non-hydrogen) atoms. The first-order chi connectivity index (χ1) is 13.1. The average Bonchev–Trinajstić information content (AvgIpc) is 3.15. The summed E-state index contributed by atoms with van der Waals surface area (Å²) in [4.78, 5) is 13.1. The van der Waals surface area contributed by atoms with E-state index in [1.807, 2.05) is 55.5 Å². The van der Waals surface area contributed by atoms with Crippen molar-refractivity contribution in [3.8, 4) is 5.75 Å². The lowest BCUT2D eigenvalue weighted by molar-refractivity contribution is -0.115. The summed E-state index contributed by atoms with van der Waals surface area (Å²) in [5.41, 5.74) is 2.59. The van der Waals surface area contributed by atoms with Crippen LogP contribution >= 0.6 is 23.1 Å². The predicted octanol–water partition coefficient (Wildman–Crippen LogP) is 4.37. The maximum atomic E-state index is 13.1. The van der Waals surface area contributed by atoms with Crippen molar-refractivity contribution in [2.24, 2.45) is 0 Å². The van der Waals surface area contributed by atoms with E-state index in [0.29, 0.717) is 16.6 Å². The van der Waals surface area contributed by atoms with Gasteiger partial charge in [0.05, 0.1) is 12.8 Å². The van der Waals surface area contributed by atoms with E-state index in [4.69, 9.17) is 4.74 Å². The van der Waals surface area contributed by atoms with Crippen molar-refractivity contribution in [3.05, 3.63) is 59.7 Å². The number of nitrogens with zero attached hydrogens (tertiary/aromatic N) is 2. The maximum Gasteiger partial charge on any atom is 0.242 e. The van der Waals surface area contributed by atoms with Crippen molar-refractivity contribution >= 4 is 39.8 Å². The van der Waals surface area contributed by atoms with E-state index in [-0.39, 0.29) is 5.91 Å². The normalized spacial score (nSPS) is 11.7. The zero-order chi connectivity index (χ0) is 19.2. The van der Waals surface area contributed by atoms with E-state index in [2.05, 4.69) is 20.8 Å². The summed E-state index contributed by atoms with van der Waals surface area (Å²) >= 11 is 2.79. The number of carbonyl (C=O) groups excluding carboxylic acids is 1. The fourth-order valence-corrected chi connectivity index (χ4v) is 4.38. The highest BCUT2D eigenvalue weighted by Gasteiger charge is 2.25. The number of benzene rings is 2. The second-order valence-corrected chi connectivity index (χ2v) is 8.05. The van der Waals surface area contributed by atoms with Crippen molar-refractivity contribution in [1.29, 1.82) is 0 Å². The zero-order valence-corrected chi connectivity index (χ0v) is 16.9. The number of ether oxygens (including phenoxy) is 1. The van der Waals surface area contributed by atoms with Gasteiger partial charge in [-0.1, -0.05) is 59.5 Å². The first-order valence-corrected chi connectivity index (χ1v) is 9.98. The van der Waals surface area contributed by atoms with Crippen LogP contribution in [0.5, 0.6) is 5.75 Å². The Kier molecular flexibility index (Phi) is 6.31. The number of hydrogen-bond acceptors (Lipinski definition) is 7. The van der Waals surface area contributed by atoms with Crippen LogP contribution in [0.1, 0.15) is 16.4 Å². The number of thioether (sulfide) groups is 1. The lowest BCUT2D eigenvalue weighted by atomic mass is 10.1. The van der Waals surface area contributed by atoms with Gasteiger partial charge in [-0.25, -0.2) is 0 Å². The molecule has 0 radical (unpaired) electrons. The highest BCUT2D eigenvalue weighted by Crippen LogP contribution is 2.39. The molecular formula is C19H20N4O2S2. The molecule has 0 aliphatic rings. The lowest BCUT2D eigenvalue weighted by Crippen LogP contribution is -2.19. The summed E-state index contributed by atoms with van der Waals surface area (Å²) in [6.07, 6.45) is 0. The van der Waals surface area contributed by atoms with Gasteiger partial charge in [0.15, 0.2) is 4.34 Å². The van der Waals surface area contributed by atoms with Crippen molar-refractivity contribution in [2.45, 2.75) is 16.5 Å². The quantitative estimate of drug-likeness (QED) is 0.574. The number of aromatic nitrogens is 2. The molecule has 8 heteroatoms. The Bertz CT molecular complexity index is 915. The standard InChI is InChI=1S/C19H20N4O2S2/c1-12-9-10-15(25-3)14(11-12)21-17(24)16(13-7-5-4-6-8-13)26-19-23-22-18(20-2)27-19/h4-11,16H,1-3H3,(H,20,22)(H,21,24)/t16-/m1/s1. The minimum absolute atomic E-state index is 0.142. The third-order valence-corrected chi connectivity index (χ3v) is 6.07. The van der Waals surface area contributed by atoms with Crippen molar-refractivity contribution in [1.82, 2.24) is 10.2 Å². The van der Waals surface area contributed by atoms with Gasteiger partial charge in [0, 0.05) is 7.05 Å². The minimum Gasteiger partial charge on any atom is -0.495 e. The Morgan fingerprint density at radius 2 is 1.96 bits per heavy atom. The fourth-order valence-electron chi connectivity index (χ4n) is 2.48. The van der Waals surface area contributed by atoms with Crippen LogP contribution < -0.4 is 15.4 Å². The molecule has 6 nitrogen and oxygen atoms in total. The molecule has 2 N–H and O–H groups in total. The van der Waals surface area contributed by atoms with Crippen LogP contribution in [-0.4, -0.2) is 30.3 Å². The molecule has 1 atom stereocenters. The molecule has 0 saturated heterocycles. The molecule has 1 aromatic heterocycles. The largest absolute Gasteiger partial charge is 0.495 e. The van der Waals surface area contributed by atoms with Gasteiger partial charge < -0.3 is 15.4 Å². The van der Waals surface area contributed by atoms with Gasteiger partial charge in [-0.15, -0.1) is 10.2 Å². The van der Waals surface area contributed by atoms with Crippen molar-refractivity contribution < 1.29 is 9.53 Å². The third kappa shape index (κ3) is 4.78. The number of rotatable bonds is 7. The Morgan fingerprint density at radius 3 is 2.63 bits per heavy atom. The zero-order valence-electron chi connectivity index (χ0n) is 15.2. The Labute approximate surface area is 166 Å². The average molecular weight is 401 g/mol. The van der Waals surface area contributed by atoms with E-state index < -0.39 is 5.25 Å². The van der Waals surface area contributed by atoms with E-state index in [1.165, 1.54) is 23.1 Å². The molecule has 2 aromatic carbocycles. The molecular weight excluding hydrogens is 380 g/mol. The highest BCUT2D eigenvalue weighted by molar-refractivity contribution is 8.02. The van der Waals surface area contributed by atoms with Gasteiger partial charge in [-0.05, 0) is 30.2 Å². The van der Waals surface area contributed by atoms with Gasteiger partial charge in [0.2, 0.25) is 11.0 Å². The van der Waals surface area contributed by atoms with Crippen LogP contribution in [0.2, 0.25) is 0 Å². The smallest absolute Gasteiger partial charge is 0.242 e. The number of hydrogen-bond donors (Lipinski definition) is 2. The van der Waals surface area contributed by atoms with Gasteiger partial charge in [0.1, 0.15) is 11.0 Å². The van der Waals surface area contributed by atoms with Crippen LogP contribution in [0.4, 0.5) is 10.8 Å². The maximum absolute atomic E-state index is 13.1. The number of nitrogens with one attached hydrogen (secondary N) is 2. The predicted molar refractivity (Wildman–Crippen MR) is 111 cm³/mol. The number of methoxy groups -OCH3 is 1. The number of amides is 1. The molecule has 1 heterocycles. The summed E-state index contributed by atoms with van der Waals surface area (Å²) in [6.45, 7) is 1.97. The number of carbonyl (C=O) groups is 1.